The van der Waals surface area contributed by atoms with Crippen molar-refractivity contribution in [2.75, 3.05) is 13.1 Å². The standard InChI is InChI=1S/C23H25BrN4O2/c1-16-20(17(2)30-26-16)15-28-14-11-25-23(28)19-9-12-27(13-10-19)22(29)8-7-18-5-3-4-6-21(18)24/h3-8,11,14,19H,9-10,12-13,15H2,1-2H3. The van der Waals surface area contributed by atoms with Gasteiger partial charge < -0.3 is 14.0 Å². The third-order valence-corrected chi connectivity index (χ3v) is 6.46. The quantitative estimate of drug-likeness (QED) is 0.508. The molecule has 1 aromatic carbocycles. The van der Waals surface area contributed by atoms with Gasteiger partial charge in [-0.3, -0.25) is 4.79 Å². The van der Waals surface area contributed by atoms with Gasteiger partial charge in [0.1, 0.15) is 11.6 Å². The molecular formula is C23H25BrN4O2. The summed E-state index contributed by atoms with van der Waals surface area (Å²) >= 11 is 3.51. The number of hydrogen-bond acceptors (Lipinski definition) is 4. The van der Waals surface area contributed by atoms with E-state index in [1.54, 1.807) is 6.08 Å². The van der Waals surface area contributed by atoms with E-state index in [0.29, 0.717) is 12.5 Å². The van der Waals surface area contributed by atoms with Crippen molar-refractivity contribution in [3.05, 3.63) is 75.6 Å². The average Bonchev–Trinajstić information content (AvgIpc) is 3.35. The van der Waals surface area contributed by atoms with Crippen LogP contribution in [0, 0.1) is 13.8 Å². The number of likely N-dealkylation sites (tertiary alicyclic amines) is 1. The molecule has 0 unspecified atom stereocenters. The van der Waals surface area contributed by atoms with Crippen LogP contribution in [0.5, 0.6) is 0 Å². The molecule has 7 heteroatoms. The van der Waals surface area contributed by atoms with Crippen LogP contribution in [0.1, 0.15) is 47.2 Å². The van der Waals surface area contributed by atoms with Crippen molar-refractivity contribution in [1.82, 2.24) is 19.6 Å². The minimum absolute atomic E-state index is 0.0586. The highest BCUT2D eigenvalue weighted by atomic mass is 79.9. The maximum absolute atomic E-state index is 12.6. The number of rotatable bonds is 5. The molecule has 0 saturated carbocycles. The molecule has 1 amide bonds. The Balaban J connectivity index is 1.38. The molecule has 30 heavy (non-hydrogen) atoms. The molecule has 0 spiro atoms. The number of nitrogens with zero attached hydrogens (tertiary/aromatic N) is 4. The summed E-state index contributed by atoms with van der Waals surface area (Å²) in [6, 6.07) is 7.88. The Morgan fingerprint density at radius 2 is 2.03 bits per heavy atom. The Kier molecular flexibility index (Phi) is 6.18. The van der Waals surface area contributed by atoms with Crippen molar-refractivity contribution in [2.24, 2.45) is 0 Å². The van der Waals surface area contributed by atoms with Crippen LogP contribution >= 0.6 is 15.9 Å². The molecule has 0 aliphatic carbocycles. The van der Waals surface area contributed by atoms with E-state index in [9.17, 15) is 4.79 Å². The topological polar surface area (TPSA) is 64.2 Å². The zero-order valence-corrected chi connectivity index (χ0v) is 18.8. The summed E-state index contributed by atoms with van der Waals surface area (Å²) in [5.41, 5.74) is 3.03. The molecule has 2 aromatic heterocycles. The number of aromatic nitrogens is 3. The van der Waals surface area contributed by atoms with Gasteiger partial charge in [0.2, 0.25) is 5.91 Å². The van der Waals surface area contributed by atoms with Gasteiger partial charge in [-0.2, -0.15) is 0 Å². The molecule has 0 bridgehead atoms. The van der Waals surface area contributed by atoms with Crippen LogP contribution in [-0.4, -0.2) is 38.6 Å². The second-order valence-electron chi connectivity index (χ2n) is 7.67. The molecule has 0 N–H and O–H groups in total. The first kappa shape index (κ1) is 20.6. The molecule has 3 heterocycles. The second-order valence-corrected chi connectivity index (χ2v) is 8.52. The van der Waals surface area contributed by atoms with Crippen LogP contribution in [-0.2, 0) is 11.3 Å². The molecule has 1 saturated heterocycles. The number of amides is 1. The number of imidazole rings is 1. The Hall–Kier alpha value is -2.67. The molecule has 4 rings (SSSR count). The van der Waals surface area contributed by atoms with E-state index in [0.717, 1.165) is 58.8 Å². The predicted octanol–water partition coefficient (Wildman–Crippen LogP) is 4.72. The van der Waals surface area contributed by atoms with Crippen LogP contribution in [0.15, 0.2) is 51.7 Å². The van der Waals surface area contributed by atoms with E-state index >= 15 is 0 Å². The summed E-state index contributed by atoms with van der Waals surface area (Å²) in [5.74, 6) is 2.33. The van der Waals surface area contributed by atoms with Crippen LogP contribution in [0.3, 0.4) is 0 Å². The van der Waals surface area contributed by atoms with Crippen molar-refractivity contribution < 1.29 is 9.32 Å². The van der Waals surface area contributed by atoms with Gasteiger partial charge in [0, 0.05) is 47.5 Å². The molecule has 1 aliphatic heterocycles. The molecule has 156 valence electrons. The number of benzene rings is 1. The van der Waals surface area contributed by atoms with E-state index in [-0.39, 0.29) is 5.91 Å². The molecule has 0 radical (unpaired) electrons. The van der Waals surface area contributed by atoms with E-state index in [4.69, 9.17) is 4.52 Å². The van der Waals surface area contributed by atoms with Gasteiger partial charge in [0.05, 0.1) is 12.2 Å². The van der Waals surface area contributed by atoms with Crippen molar-refractivity contribution in [3.8, 4) is 0 Å². The predicted molar refractivity (Wildman–Crippen MR) is 119 cm³/mol. The normalized spacial score (nSPS) is 15.2. The van der Waals surface area contributed by atoms with Gasteiger partial charge in [-0.25, -0.2) is 4.98 Å². The monoisotopic (exact) mass is 468 g/mol. The highest BCUT2D eigenvalue weighted by molar-refractivity contribution is 9.10. The highest BCUT2D eigenvalue weighted by Crippen LogP contribution is 2.28. The van der Waals surface area contributed by atoms with Gasteiger partial charge in [-0.15, -0.1) is 0 Å². The fourth-order valence-electron chi connectivity index (χ4n) is 3.95. The zero-order valence-electron chi connectivity index (χ0n) is 17.2. The lowest BCUT2D eigenvalue weighted by atomic mass is 9.95. The summed E-state index contributed by atoms with van der Waals surface area (Å²) in [4.78, 5) is 19.2. The van der Waals surface area contributed by atoms with Crippen LogP contribution in [0.25, 0.3) is 6.08 Å². The Morgan fingerprint density at radius 3 is 2.73 bits per heavy atom. The second kappa shape index (κ2) is 9.00. The van der Waals surface area contributed by atoms with E-state index in [2.05, 4.69) is 30.6 Å². The van der Waals surface area contributed by atoms with Gasteiger partial charge in [0.25, 0.3) is 0 Å². The largest absolute Gasteiger partial charge is 0.361 e. The van der Waals surface area contributed by atoms with Crippen molar-refractivity contribution in [1.29, 1.82) is 0 Å². The first-order valence-electron chi connectivity index (χ1n) is 10.2. The summed E-state index contributed by atoms with van der Waals surface area (Å²) in [7, 11) is 0. The zero-order chi connectivity index (χ0) is 21.1. The van der Waals surface area contributed by atoms with Crippen molar-refractivity contribution in [2.45, 2.75) is 39.2 Å². The maximum Gasteiger partial charge on any atom is 0.246 e. The summed E-state index contributed by atoms with van der Waals surface area (Å²) in [5, 5.41) is 4.05. The minimum Gasteiger partial charge on any atom is -0.361 e. The number of aryl methyl sites for hydroxylation is 2. The van der Waals surface area contributed by atoms with Gasteiger partial charge in [-0.05, 0) is 44.4 Å². The molecule has 6 nitrogen and oxygen atoms in total. The lowest BCUT2D eigenvalue weighted by Crippen LogP contribution is -2.37. The minimum atomic E-state index is 0.0586. The third kappa shape index (κ3) is 4.41. The number of carbonyl (C=O) groups is 1. The summed E-state index contributed by atoms with van der Waals surface area (Å²) < 4.78 is 8.46. The molecule has 0 atom stereocenters. The van der Waals surface area contributed by atoms with Gasteiger partial charge >= 0.3 is 0 Å². The van der Waals surface area contributed by atoms with Crippen LogP contribution in [0.4, 0.5) is 0 Å². The van der Waals surface area contributed by atoms with E-state index in [1.807, 2.05) is 61.5 Å². The maximum atomic E-state index is 12.6. The molecule has 3 aromatic rings. The number of halogens is 1. The first-order chi connectivity index (χ1) is 14.5. The average molecular weight is 469 g/mol. The van der Waals surface area contributed by atoms with Crippen LogP contribution in [0.2, 0.25) is 0 Å². The number of piperidine rings is 1. The van der Waals surface area contributed by atoms with E-state index in [1.165, 1.54) is 0 Å². The molecular weight excluding hydrogens is 444 g/mol. The lowest BCUT2D eigenvalue weighted by Gasteiger charge is -2.31. The van der Waals surface area contributed by atoms with Gasteiger partial charge in [0.15, 0.2) is 0 Å². The SMILES string of the molecule is Cc1noc(C)c1Cn1ccnc1C1CCN(C(=O)C=Cc2ccccc2Br)CC1. The summed E-state index contributed by atoms with van der Waals surface area (Å²) in [6.07, 6.45) is 9.22. The van der Waals surface area contributed by atoms with Crippen molar-refractivity contribution in [3.63, 3.8) is 0 Å². The number of carbonyl (C=O) groups excluding carboxylic acids is 1. The summed E-state index contributed by atoms with van der Waals surface area (Å²) in [6.45, 7) is 6.10. The van der Waals surface area contributed by atoms with Crippen molar-refractivity contribution >= 4 is 27.9 Å². The molecule has 1 aliphatic rings. The fraction of sp³-hybridized carbons (Fsp3) is 0.348. The Bertz CT molecular complexity index is 1040. The van der Waals surface area contributed by atoms with Crippen LogP contribution < -0.4 is 0 Å². The smallest absolute Gasteiger partial charge is 0.246 e. The Morgan fingerprint density at radius 1 is 1.27 bits per heavy atom. The molecule has 1 fully saturated rings. The first-order valence-corrected chi connectivity index (χ1v) is 11.0. The highest BCUT2D eigenvalue weighted by Gasteiger charge is 2.26. The number of hydrogen-bond donors (Lipinski definition) is 0. The third-order valence-electron chi connectivity index (χ3n) is 5.74. The van der Waals surface area contributed by atoms with Gasteiger partial charge in [-0.1, -0.05) is 39.3 Å². The lowest BCUT2D eigenvalue weighted by molar-refractivity contribution is -0.127. The van der Waals surface area contributed by atoms with E-state index < -0.39 is 0 Å². The fourth-order valence-corrected chi connectivity index (χ4v) is 4.36. The Labute approximate surface area is 184 Å².